The quantitative estimate of drug-likeness (QED) is 0.610. The van der Waals surface area contributed by atoms with Crippen LogP contribution < -0.4 is 0 Å². The van der Waals surface area contributed by atoms with Crippen molar-refractivity contribution in [1.82, 2.24) is 9.78 Å². The summed E-state index contributed by atoms with van der Waals surface area (Å²) in [6.45, 7) is 0. The van der Waals surface area contributed by atoms with Crippen LogP contribution >= 0.6 is 31.9 Å². The van der Waals surface area contributed by atoms with Crippen LogP contribution in [0, 0.1) is 0 Å². The van der Waals surface area contributed by atoms with Crippen LogP contribution in [-0.4, -0.2) is 9.78 Å². The Morgan fingerprint density at radius 2 is 1.32 bits per heavy atom. The van der Waals surface area contributed by atoms with Crippen LogP contribution in [0.1, 0.15) is 0 Å². The summed E-state index contributed by atoms with van der Waals surface area (Å²) in [7, 11) is 0. The van der Waals surface area contributed by atoms with Crippen molar-refractivity contribution >= 4 is 31.9 Å². The molecule has 94 valence electrons. The number of nitrogens with zero attached hydrogens (tertiary/aromatic N) is 2. The van der Waals surface area contributed by atoms with E-state index in [1.54, 1.807) is 0 Å². The molecule has 0 saturated heterocycles. The van der Waals surface area contributed by atoms with E-state index < -0.39 is 0 Å². The first kappa shape index (κ1) is 12.6. The first-order chi connectivity index (χ1) is 9.22. The molecule has 0 atom stereocenters. The Hall–Kier alpha value is -1.39. The third-order valence-corrected chi connectivity index (χ3v) is 3.91. The van der Waals surface area contributed by atoms with Crippen LogP contribution in [0.5, 0.6) is 0 Å². The summed E-state index contributed by atoms with van der Waals surface area (Å²) in [5.74, 6) is 0. The minimum atomic E-state index is 1.05. The van der Waals surface area contributed by atoms with Gasteiger partial charge in [0, 0.05) is 20.7 Å². The molecule has 0 fully saturated rings. The Morgan fingerprint density at radius 1 is 0.737 bits per heavy atom. The maximum atomic E-state index is 4.40. The molecule has 0 aliphatic carbocycles. The van der Waals surface area contributed by atoms with Crippen molar-refractivity contribution in [3.05, 3.63) is 69.9 Å². The second-order valence-corrected chi connectivity index (χ2v) is 5.99. The zero-order valence-electron chi connectivity index (χ0n) is 9.92. The van der Waals surface area contributed by atoms with Gasteiger partial charge in [-0.25, -0.2) is 4.68 Å². The van der Waals surface area contributed by atoms with E-state index in [2.05, 4.69) is 49.1 Å². The molecule has 0 N–H and O–H groups in total. The summed E-state index contributed by atoms with van der Waals surface area (Å²) in [5.41, 5.74) is 3.31. The van der Waals surface area contributed by atoms with Crippen molar-refractivity contribution in [2.45, 2.75) is 0 Å². The number of hydrogen-bond donors (Lipinski definition) is 0. The van der Waals surface area contributed by atoms with Crippen molar-refractivity contribution < 1.29 is 0 Å². The summed E-state index contributed by atoms with van der Waals surface area (Å²) in [6.07, 6.45) is 3.91. The Morgan fingerprint density at radius 3 is 1.95 bits per heavy atom. The van der Waals surface area contributed by atoms with Crippen LogP contribution in [0.2, 0.25) is 0 Å². The van der Waals surface area contributed by atoms with Crippen LogP contribution in [0.3, 0.4) is 0 Å². The molecule has 0 aliphatic heterocycles. The standard InChI is InChI=1S/C15H10Br2N2/c16-13-3-1-11(2-4-13)12-9-18-19(10-12)15-7-5-14(17)6-8-15/h1-10H. The van der Waals surface area contributed by atoms with Crippen LogP contribution in [0.4, 0.5) is 0 Å². The molecule has 0 radical (unpaired) electrons. The second-order valence-electron chi connectivity index (χ2n) is 4.16. The van der Waals surface area contributed by atoms with Gasteiger partial charge in [0.25, 0.3) is 0 Å². The van der Waals surface area contributed by atoms with Crippen LogP contribution in [0.15, 0.2) is 69.9 Å². The van der Waals surface area contributed by atoms with E-state index in [0.29, 0.717) is 0 Å². The lowest BCUT2D eigenvalue weighted by Crippen LogP contribution is -1.92. The third kappa shape index (κ3) is 2.80. The van der Waals surface area contributed by atoms with Crippen molar-refractivity contribution in [2.75, 3.05) is 0 Å². The summed E-state index contributed by atoms with van der Waals surface area (Å²) in [6, 6.07) is 16.3. The molecule has 0 unspecified atom stereocenters. The minimum absolute atomic E-state index is 1.05. The van der Waals surface area contributed by atoms with Gasteiger partial charge in [0.2, 0.25) is 0 Å². The van der Waals surface area contributed by atoms with Gasteiger partial charge in [-0.2, -0.15) is 5.10 Å². The molecular weight excluding hydrogens is 368 g/mol. The predicted molar refractivity (Wildman–Crippen MR) is 84.4 cm³/mol. The number of hydrogen-bond acceptors (Lipinski definition) is 1. The smallest absolute Gasteiger partial charge is 0.0646 e. The Kier molecular flexibility index (Phi) is 3.53. The number of halogens is 2. The highest BCUT2D eigenvalue weighted by Gasteiger charge is 2.03. The summed E-state index contributed by atoms with van der Waals surface area (Å²) in [4.78, 5) is 0. The van der Waals surface area contributed by atoms with Crippen LogP contribution in [0.25, 0.3) is 16.8 Å². The van der Waals surface area contributed by atoms with E-state index in [0.717, 1.165) is 25.8 Å². The van der Waals surface area contributed by atoms with Gasteiger partial charge in [-0.3, -0.25) is 0 Å². The van der Waals surface area contributed by atoms with Crippen molar-refractivity contribution in [3.8, 4) is 16.8 Å². The van der Waals surface area contributed by atoms with Gasteiger partial charge < -0.3 is 0 Å². The fourth-order valence-corrected chi connectivity index (χ4v) is 2.38. The average Bonchev–Trinajstić information content (AvgIpc) is 2.90. The fraction of sp³-hybridized carbons (Fsp3) is 0. The molecule has 4 heteroatoms. The maximum Gasteiger partial charge on any atom is 0.0646 e. The lowest BCUT2D eigenvalue weighted by molar-refractivity contribution is 0.880. The van der Waals surface area contributed by atoms with Gasteiger partial charge in [-0.05, 0) is 42.0 Å². The lowest BCUT2D eigenvalue weighted by Gasteiger charge is -2.00. The normalized spacial score (nSPS) is 10.6. The van der Waals surface area contributed by atoms with Gasteiger partial charge >= 0.3 is 0 Å². The molecule has 0 spiro atoms. The molecule has 0 aliphatic rings. The molecule has 2 nitrogen and oxygen atoms in total. The third-order valence-electron chi connectivity index (χ3n) is 2.85. The summed E-state index contributed by atoms with van der Waals surface area (Å²) in [5, 5.41) is 4.40. The Balaban J connectivity index is 1.95. The summed E-state index contributed by atoms with van der Waals surface area (Å²) < 4.78 is 4.03. The molecule has 0 bridgehead atoms. The molecule has 2 aromatic carbocycles. The monoisotopic (exact) mass is 376 g/mol. The highest BCUT2D eigenvalue weighted by atomic mass is 79.9. The number of aromatic nitrogens is 2. The highest BCUT2D eigenvalue weighted by Crippen LogP contribution is 2.22. The topological polar surface area (TPSA) is 17.8 Å². The molecule has 3 rings (SSSR count). The molecule has 0 amide bonds. The van der Waals surface area contributed by atoms with Crippen molar-refractivity contribution in [1.29, 1.82) is 0 Å². The largest absolute Gasteiger partial charge is 0.240 e. The molecule has 1 aromatic heterocycles. The van der Waals surface area contributed by atoms with Gasteiger partial charge in [-0.15, -0.1) is 0 Å². The van der Waals surface area contributed by atoms with Gasteiger partial charge in [0.05, 0.1) is 11.9 Å². The van der Waals surface area contributed by atoms with E-state index >= 15 is 0 Å². The van der Waals surface area contributed by atoms with E-state index in [-0.39, 0.29) is 0 Å². The summed E-state index contributed by atoms with van der Waals surface area (Å²) >= 11 is 6.87. The van der Waals surface area contributed by atoms with E-state index in [4.69, 9.17) is 0 Å². The van der Waals surface area contributed by atoms with Crippen molar-refractivity contribution in [3.63, 3.8) is 0 Å². The average molecular weight is 378 g/mol. The zero-order chi connectivity index (χ0) is 13.2. The molecule has 19 heavy (non-hydrogen) atoms. The Bertz CT molecular complexity index is 625. The predicted octanol–water partition coefficient (Wildman–Crippen LogP) is 5.06. The van der Waals surface area contributed by atoms with Gasteiger partial charge in [0.1, 0.15) is 0 Å². The number of rotatable bonds is 2. The fourth-order valence-electron chi connectivity index (χ4n) is 1.85. The zero-order valence-corrected chi connectivity index (χ0v) is 13.1. The van der Waals surface area contributed by atoms with E-state index in [1.807, 2.05) is 53.5 Å². The molecule has 1 heterocycles. The Labute approximate surface area is 128 Å². The van der Waals surface area contributed by atoms with Gasteiger partial charge in [-0.1, -0.05) is 44.0 Å². The van der Waals surface area contributed by atoms with Crippen LogP contribution in [-0.2, 0) is 0 Å². The SMILES string of the molecule is Brc1ccc(-c2cnn(-c3ccc(Br)cc3)c2)cc1. The minimum Gasteiger partial charge on any atom is -0.240 e. The molecule has 0 saturated carbocycles. The first-order valence-electron chi connectivity index (χ1n) is 5.79. The molecular formula is C15H10Br2N2. The first-order valence-corrected chi connectivity index (χ1v) is 7.37. The second kappa shape index (κ2) is 5.31. The lowest BCUT2D eigenvalue weighted by atomic mass is 10.1. The van der Waals surface area contributed by atoms with Gasteiger partial charge in [0.15, 0.2) is 0 Å². The molecule has 3 aromatic rings. The van der Waals surface area contributed by atoms with E-state index in [9.17, 15) is 0 Å². The maximum absolute atomic E-state index is 4.40. The van der Waals surface area contributed by atoms with Crippen molar-refractivity contribution in [2.24, 2.45) is 0 Å². The number of benzene rings is 2. The van der Waals surface area contributed by atoms with E-state index in [1.165, 1.54) is 0 Å². The highest BCUT2D eigenvalue weighted by molar-refractivity contribution is 9.10.